The third kappa shape index (κ3) is 5.28. The number of rotatable bonds is 5. The summed E-state index contributed by atoms with van der Waals surface area (Å²) in [6.45, 7) is 6.40. The van der Waals surface area contributed by atoms with Gasteiger partial charge in [-0.15, -0.1) is 0 Å². The first-order valence-electron chi connectivity index (χ1n) is 8.70. The summed E-state index contributed by atoms with van der Waals surface area (Å²) in [5, 5.41) is 0.788. The summed E-state index contributed by atoms with van der Waals surface area (Å²) in [4.78, 5) is 25.7. The molecule has 3 rings (SSSR count). The van der Waals surface area contributed by atoms with Gasteiger partial charge in [-0.3, -0.25) is 14.7 Å². The van der Waals surface area contributed by atoms with E-state index in [-0.39, 0.29) is 11.2 Å². The summed E-state index contributed by atoms with van der Waals surface area (Å²) >= 11 is 1.53. The molecule has 1 saturated heterocycles. The third-order valence-corrected chi connectivity index (χ3v) is 5.35. The van der Waals surface area contributed by atoms with Crippen LogP contribution in [0.4, 0.5) is 0 Å². The van der Waals surface area contributed by atoms with Crippen molar-refractivity contribution in [2.45, 2.75) is 30.2 Å². The SMILES string of the molecule is CC(Sc1ccccn1)C(=O)N1CCCN(Cc2cccnc2)CC1. The zero-order chi connectivity index (χ0) is 17.5. The molecule has 1 fully saturated rings. The van der Waals surface area contributed by atoms with Gasteiger partial charge in [0, 0.05) is 51.3 Å². The van der Waals surface area contributed by atoms with Crippen molar-refractivity contribution in [2.24, 2.45) is 0 Å². The maximum Gasteiger partial charge on any atom is 0.235 e. The lowest BCUT2D eigenvalue weighted by molar-refractivity contribution is -0.130. The van der Waals surface area contributed by atoms with Crippen LogP contribution < -0.4 is 0 Å². The molecule has 0 aliphatic carbocycles. The molecule has 1 atom stereocenters. The van der Waals surface area contributed by atoms with Gasteiger partial charge in [0.25, 0.3) is 0 Å². The van der Waals surface area contributed by atoms with Crippen LogP contribution in [0.5, 0.6) is 0 Å². The molecular weight excluding hydrogens is 332 g/mol. The quantitative estimate of drug-likeness (QED) is 0.771. The Balaban J connectivity index is 1.52. The van der Waals surface area contributed by atoms with E-state index in [1.807, 2.05) is 42.3 Å². The molecule has 0 N–H and O–H groups in total. The average Bonchev–Trinajstić information content (AvgIpc) is 2.88. The summed E-state index contributed by atoms with van der Waals surface area (Å²) in [6.07, 6.45) is 6.49. The summed E-state index contributed by atoms with van der Waals surface area (Å²) in [6, 6.07) is 9.87. The third-order valence-electron chi connectivity index (χ3n) is 4.31. The van der Waals surface area contributed by atoms with Crippen molar-refractivity contribution in [1.82, 2.24) is 19.8 Å². The predicted molar refractivity (Wildman–Crippen MR) is 100 cm³/mol. The molecule has 1 amide bonds. The normalized spacial score (nSPS) is 17.1. The smallest absolute Gasteiger partial charge is 0.235 e. The highest BCUT2D eigenvalue weighted by atomic mass is 32.2. The lowest BCUT2D eigenvalue weighted by atomic mass is 10.2. The van der Waals surface area contributed by atoms with Crippen molar-refractivity contribution in [3.05, 3.63) is 54.5 Å². The Morgan fingerprint density at radius 3 is 2.84 bits per heavy atom. The fourth-order valence-corrected chi connectivity index (χ4v) is 3.90. The zero-order valence-corrected chi connectivity index (χ0v) is 15.4. The van der Waals surface area contributed by atoms with E-state index in [1.54, 1.807) is 12.4 Å². The van der Waals surface area contributed by atoms with Gasteiger partial charge in [-0.1, -0.05) is 23.9 Å². The Kier molecular flexibility index (Phi) is 6.42. The highest BCUT2D eigenvalue weighted by molar-refractivity contribution is 8.00. The van der Waals surface area contributed by atoms with Crippen LogP contribution in [-0.2, 0) is 11.3 Å². The van der Waals surface area contributed by atoms with E-state index >= 15 is 0 Å². The molecule has 0 saturated carbocycles. The molecule has 3 heterocycles. The summed E-state index contributed by atoms with van der Waals surface area (Å²) in [7, 11) is 0. The van der Waals surface area contributed by atoms with Crippen molar-refractivity contribution in [3.63, 3.8) is 0 Å². The second kappa shape index (κ2) is 8.97. The molecule has 5 nitrogen and oxygen atoms in total. The topological polar surface area (TPSA) is 49.3 Å². The Hall–Kier alpha value is -1.92. The van der Waals surface area contributed by atoms with Gasteiger partial charge in [-0.25, -0.2) is 4.98 Å². The standard InChI is InChI=1S/C19H24N4OS/c1-16(25-18-7-2-3-9-21-18)19(24)23-11-5-10-22(12-13-23)15-17-6-4-8-20-14-17/h2-4,6-9,14,16H,5,10-13,15H2,1H3. The van der Waals surface area contributed by atoms with Gasteiger partial charge < -0.3 is 4.90 Å². The van der Waals surface area contributed by atoms with Gasteiger partial charge in [0.2, 0.25) is 5.91 Å². The molecule has 0 aromatic carbocycles. The molecule has 1 aliphatic rings. The summed E-state index contributed by atoms with van der Waals surface area (Å²) < 4.78 is 0. The Bertz CT molecular complexity index is 668. The number of nitrogens with zero attached hydrogens (tertiary/aromatic N) is 4. The second-order valence-electron chi connectivity index (χ2n) is 6.24. The van der Waals surface area contributed by atoms with Gasteiger partial charge in [-0.05, 0) is 37.1 Å². The van der Waals surface area contributed by atoms with E-state index in [9.17, 15) is 4.79 Å². The molecular formula is C19H24N4OS. The Morgan fingerprint density at radius 2 is 2.08 bits per heavy atom. The van der Waals surface area contributed by atoms with Crippen molar-refractivity contribution in [2.75, 3.05) is 26.2 Å². The van der Waals surface area contributed by atoms with E-state index in [2.05, 4.69) is 20.9 Å². The molecule has 0 radical (unpaired) electrons. The molecule has 1 unspecified atom stereocenters. The Morgan fingerprint density at radius 1 is 1.16 bits per heavy atom. The summed E-state index contributed by atoms with van der Waals surface area (Å²) in [5.74, 6) is 0.207. The first-order valence-corrected chi connectivity index (χ1v) is 9.58. The van der Waals surface area contributed by atoms with Gasteiger partial charge >= 0.3 is 0 Å². The molecule has 25 heavy (non-hydrogen) atoms. The fourth-order valence-electron chi connectivity index (χ4n) is 3.00. The average molecular weight is 356 g/mol. The second-order valence-corrected chi connectivity index (χ2v) is 7.61. The number of amides is 1. The maximum atomic E-state index is 12.8. The van der Waals surface area contributed by atoms with Crippen molar-refractivity contribution in [3.8, 4) is 0 Å². The molecule has 2 aromatic rings. The van der Waals surface area contributed by atoms with E-state index in [0.29, 0.717) is 0 Å². The van der Waals surface area contributed by atoms with Crippen LogP contribution in [0.3, 0.4) is 0 Å². The number of aromatic nitrogens is 2. The van der Waals surface area contributed by atoms with Crippen LogP contribution in [0, 0.1) is 0 Å². The lowest BCUT2D eigenvalue weighted by Gasteiger charge is -2.24. The summed E-state index contributed by atoms with van der Waals surface area (Å²) in [5.41, 5.74) is 1.22. The highest BCUT2D eigenvalue weighted by Crippen LogP contribution is 2.22. The minimum Gasteiger partial charge on any atom is -0.340 e. The minimum atomic E-state index is -0.111. The monoisotopic (exact) mass is 356 g/mol. The molecule has 132 valence electrons. The number of carbonyl (C=O) groups is 1. The molecule has 2 aromatic heterocycles. The van der Waals surface area contributed by atoms with Gasteiger partial charge in [0.1, 0.15) is 0 Å². The molecule has 1 aliphatic heterocycles. The van der Waals surface area contributed by atoms with Crippen LogP contribution in [-0.4, -0.2) is 57.1 Å². The van der Waals surface area contributed by atoms with Crippen molar-refractivity contribution >= 4 is 17.7 Å². The number of thioether (sulfide) groups is 1. The number of hydrogen-bond donors (Lipinski definition) is 0. The van der Waals surface area contributed by atoms with Crippen LogP contribution in [0.1, 0.15) is 18.9 Å². The van der Waals surface area contributed by atoms with Crippen LogP contribution in [0.25, 0.3) is 0 Å². The van der Waals surface area contributed by atoms with E-state index in [0.717, 1.165) is 44.2 Å². The van der Waals surface area contributed by atoms with Crippen molar-refractivity contribution in [1.29, 1.82) is 0 Å². The van der Waals surface area contributed by atoms with Gasteiger partial charge in [0.05, 0.1) is 10.3 Å². The largest absolute Gasteiger partial charge is 0.340 e. The Labute approximate surface area is 153 Å². The minimum absolute atomic E-state index is 0.111. The number of pyridine rings is 2. The highest BCUT2D eigenvalue weighted by Gasteiger charge is 2.24. The van der Waals surface area contributed by atoms with Crippen LogP contribution in [0.15, 0.2) is 53.9 Å². The zero-order valence-electron chi connectivity index (χ0n) is 14.5. The molecule has 0 spiro atoms. The lowest BCUT2D eigenvalue weighted by Crippen LogP contribution is -2.39. The van der Waals surface area contributed by atoms with E-state index in [4.69, 9.17) is 0 Å². The van der Waals surface area contributed by atoms with Crippen molar-refractivity contribution < 1.29 is 4.79 Å². The molecule has 6 heteroatoms. The van der Waals surface area contributed by atoms with E-state index < -0.39 is 0 Å². The first kappa shape index (κ1) is 17.9. The first-order chi connectivity index (χ1) is 12.2. The van der Waals surface area contributed by atoms with Crippen LogP contribution in [0.2, 0.25) is 0 Å². The fraction of sp³-hybridized carbons (Fsp3) is 0.421. The van der Waals surface area contributed by atoms with E-state index in [1.165, 1.54) is 17.3 Å². The number of carbonyl (C=O) groups excluding carboxylic acids is 1. The van der Waals surface area contributed by atoms with Gasteiger partial charge in [-0.2, -0.15) is 0 Å². The molecule has 0 bridgehead atoms. The van der Waals surface area contributed by atoms with Gasteiger partial charge in [0.15, 0.2) is 0 Å². The number of hydrogen-bond acceptors (Lipinski definition) is 5. The predicted octanol–water partition coefficient (Wildman–Crippen LogP) is 2.69. The maximum absolute atomic E-state index is 12.8. The van der Waals surface area contributed by atoms with Crippen LogP contribution >= 0.6 is 11.8 Å².